The standard InChI is InChI=1S/C24H24ClN3O/c1-29-19-11-12-22-20(13-19)24-21(23(26-27-24)17-5-3-2-4-6-17)15-28(22)14-16-7-9-18(25)10-8-16/h2-13,21,23-24,26-27H,14-15H2,1H3. The minimum Gasteiger partial charge on any atom is -0.497 e. The molecule has 4 nitrogen and oxygen atoms in total. The van der Waals surface area contributed by atoms with E-state index in [1.165, 1.54) is 22.4 Å². The minimum absolute atomic E-state index is 0.242. The lowest BCUT2D eigenvalue weighted by Gasteiger charge is -2.39. The largest absolute Gasteiger partial charge is 0.497 e. The van der Waals surface area contributed by atoms with E-state index in [1.54, 1.807) is 7.11 Å². The summed E-state index contributed by atoms with van der Waals surface area (Å²) in [4.78, 5) is 2.48. The molecular weight excluding hydrogens is 382 g/mol. The number of hydrazine groups is 1. The van der Waals surface area contributed by atoms with Crippen molar-refractivity contribution in [2.45, 2.75) is 18.6 Å². The number of nitrogens with zero attached hydrogens (tertiary/aromatic N) is 1. The third-order valence-electron chi connectivity index (χ3n) is 6.04. The van der Waals surface area contributed by atoms with Crippen LogP contribution in [0.2, 0.25) is 5.02 Å². The maximum Gasteiger partial charge on any atom is 0.119 e. The van der Waals surface area contributed by atoms with Crippen LogP contribution in [-0.4, -0.2) is 13.7 Å². The molecule has 148 valence electrons. The fourth-order valence-electron chi connectivity index (χ4n) is 4.61. The molecule has 1 saturated heterocycles. The van der Waals surface area contributed by atoms with Gasteiger partial charge in [0.1, 0.15) is 5.75 Å². The van der Waals surface area contributed by atoms with Gasteiger partial charge in [-0.1, -0.05) is 54.1 Å². The van der Waals surface area contributed by atoms with Gasteiger partial charge >= 0.3 is 0 Å². The zero-order chi connectivity index (χ0) is 19.8. The van der Waals surface area contributed by atoms with Crippen molar-refractivity contribution < 1.29 is 4.74 Å². The summed E-state index contributed by atoms with van der Waals surface area (Å²) in [6, 6.07) is 25.7. The van der Waals surface area contributed by atoms with Crippen molar-refractivity contribution in [3.05, 3.63) is 94.5 Å². The van der Waals surface area contributed by atoms with Gasteiger partial charge in [-0.05, 0) is 47.0 Å². The van der Waals surface area contributed by atoms with Gasteiger partial charge in [0, 0.05) is 29.7 Å². The summed E-state index contributed by atoms with van der Waals surface area (Å²) >= 11 is 6.08. The van der Waals surface area contributed by atoms with Gasteiger partial charge in [-0.25, -0.2) is 10.9 Å². The highest BCUT2D eigenvalue weighted by Crippen LogP contribution is 2.46. The Hall–Kier alpha value is -2.53. The average molecular weight is 406 g/mol. The molecular formula is C24H24ClN3O. The van der Waals surface area contributed by atoms with Gasteiger partial charge in [0.05, 0.1) is 19.2 Å². The van der Waals surface area contributed by atoms with Crippen molar-refractivity contribution in [1.82, 2.24) is 10.9 Å². The first-order chi connectivity index (χ1) is 14.2. The monoisotopic (exact) mass is 405 g/mol. The molecule has 0 spiro atoms. The van der Waals surface area contributed by atoms with E-state index >= 15 is 0 Å². The van der Waals surface area contributed by atoms with Crippen LogP contribution in [0.5, 0.6) is 5.75 Å². The van der Waals surface area contributed by atoms with Crippen LogP contribution in [0.1, 0.15) is 28.8 Å². The van der Waals surface area contributed by atoms with Crippen LogP contribution >= 0.6 is 11.6 Å². The number of halogens is 1. The lowest BCUT2D eigenvalue weighted by Crippen LogP contribution is -2.39. The highest BCUT2D eigenvalue weighted by Gasteiger charge is 2.43. The van der Waals surface area contributed by atoms with E-state index in [4.69, 9.17) is 16.3 Å². The molecule has 0 aromatic heterocycles. The second kappa shape index (κ2) is 7.71. The average Bonchev–Trinajstić information content (AvgIpc) is 3.19. The first kappa shape index (κ1) is 18.5. The van der Waals surface area contributed by atoms with E-state index in [2.05, 4.69) is 70.3 Å². The number of methoxy groups -OCH3 is 1. The molecule has 3 aromatic carbocycles. The Morgan fingerprint density at radius 1 is 0.966 bits per heavy atom. The Labute approximate surface area is 176 Å². The topological polar surface area (TPSA) is 36.5 Å². The van der Waals surface area contributed by atoms with E-state index in [0.29, 0.717) is 5.92 Å². The molecule has 5 heteroatoms. The molecule has 3 unspecified atom stereocenters. The van der Waals surface area contributed by atoms with Gasteiger partial charge < -0.3 is 9.64 Å². The van der Waals surface area contributed by atoms with Crippen molar-refractivity contribution in [3.63, 3.8) is 0 Å². The summed E-state index contributed by atoms with van der Waals surface area (Å²) in [5.74, 6) is 1.30. The fourth-order valence-corrected chi connectivity index (χ4v) is 4.73. The summed E-state index contributed by atoms with van der Waals surface area (Å²) in [6.45, 7) is 1.81. The van der Waals surface area contributed by atoms with Crippen LogP contribution in [0.25, 0.3) is 0 Å². The molecule has 0 saturated carbocycles. The second-order valence-electron chi connectivity index (χ2n) is 7.75. The third kappa shape index (κ3) is 3.48. The highest BCUT2D eigenvalue weighted by molar-refractivity contribution is 6.30. The Balaban J connectivity index is 1.52. The SMILES string of the molecule is COc1ccc2c(c1)C1NNC(c3ccccc3)C1CN2Cc1ccc(Cl)cc1. The molecule has 2 heterocycles. The van der Waals surface area contributed by atoms with Crippen molar-refractivity contribution in [2.75, 3.05) is 18.6 Å². The first-order valence-corrected chi connectivity index (χ1v) is 10.3. The van der Waals surface area contributed by atoms with Gasteiger partial charge in [0.25, 0.3) is 0 Å². The summed E-state index contributed by atoms with van der Waals surface area (Å²) in [6.07, 6.45) is 0. The van der Waals surface area contributed by atoms with E-state index in [0.717, 1.165) is 23.9 Å². The highest BCUT2D eigenvalue weighted by atomic mass is 35.5. The number of anilines is 1. The molecule has 2 N–H and O–H groups in total. The number of benzene rings is 3. The van der Waals surface area contributed by atoms with Crippen molar-refractivity contribution in [1.29, 1.82) is 0 Å². The second-order valence-corrected chi connectivity index (χ2v) is 8.19. The van der Waals surface area contributed by atoms with Gasteiger partial charge in [-0.3, -0.25) is 0 Å². The number of nitrogens with one attached hydrogen (secondary N) is 2. The maximum absolute atomic E-state index is 6.08. The first-order valence-electron chi connectivity index (χ1n) is 9.96. The molecule has 0 bridgehead atoms. The van der Waals surface area contributed by atoms with Gasteiger partial charge in [-0.15, -0.1) is 0 Å². The van der Waals surface area contributed by atoms with Crippen molar-refractivity contribution in [3.8, 4) is 5.75 Å². The summed E-state index contributed by atoms with van der Waals surface area (Å²) in [7, 11) is 1.72. The maximum atomic E-state index is 6.08. The molecule has 0 aliphatic carbocycles. The van der Waals surface area contributed by atoms with Crippen LogP contribution in [-0.2, 0) is 6.54 Å². The van der Waals surface area contributed by atoms with E-state index in [1.807, 2.05) is 18.2 Å². The summed E-state index contributed by atoms with van der Waals surface area (Å²) < 4.78 is 5.53. The van der Waals surface area contributed by atoms with E-state index in [-0.39, 0.29) is 12.1 Å². The van der Waals surface area contributed by atoms with Gasteiger partial charge in [0.15, 0.2) is 0 Å². The Kier molecular flexibility index (Phi) is 4.92. The quantitative estimate of drug-likeness (QED) is 0.649. The molecule has 5 rings (SSSR count). The predicted molar refractivity (Wildman–Crippen MR) is 117 cm³/mol. The minimum atomic E-state index is 0.242. The van der Waals surface area contributed by atoms with Gasteiger partial charge in [-0.2, -0.15) is 0 Å². The van der Waals surface area contributed by atoms with Crippen molar-refractivity contribution in [2.24, 2.45) is 5.92 Å². The predicted octanol–water partition coefficient (Wildman–Crippen LogP) is 4.88. The van der Waals surface area contributed by atoms with Crippen LogP contribution < -0.4 is 20.5 Å². The molecule has 2 aliphatic heterocycles. The van der Waals surface area contributed by atoms with Crippen LogP contribution in [0.3, 0.4) is 0 Å². The lowest BCUT2D eigenvalue weighted by atomic mass is 9.82. The Morgan fingerprint density at radius 3 is 2.48 bits per heavy atom. The number of hydrogen-bond acceptors (Lipinski definition) is 4. The number of fused-ring (bicyclic) bond motifs is 3. The lowest BCUT2D eigenvalue weighted by molar-refractivity contribution is 0.393. The van der Waals surface area contributed by atoms with Crippen LogP contribution in [0.15, 0.2) is 72.8 Å². The molecule has 0 radical (unpaired) electrons. The number of rotatable bonds is 4. The molecule has 0 amide bonds. The van der Waals surface area contributed by atoms with E-state index in [9.17, 15) is 0 Å². The molecule has 29 heavy (non-hydrogen) atoms. The molecule has 3 atom stereocenters. The van der Waals surface area contributed by atoms with Gasteiger partial charge in [0.2, 0.25) is 0 Å². The van der Waals surface area contributed by atoms with Crippen molar-refractivity contribution >= 4 is 17.3 Å². The normalized spacial score (nSPS) is 22.8. The summed E-state index contributed by atoms with van der Waals surface area (Å²) in [5, 5.41) is 0.769. The number of hydrogen-bond donors (Lipinski definition) is 2. The third-order valence-corrected chi connectivity index (χ3v) is 6.29. The zero-order valence-electron chi connectivity index (χ0n) is 16.3. The van der Waals surface area contributed by atoms with Crippen LogP contribution in [0.4, 0.5) is 5.69 Å². The molecule has 1 fully saturated rings. The Morgan fingerprint density at radius 2 is 1.72 bits per heavy atom. The number of ether oxygens (including phenoxy) is 1. The van der Waals surface area contributed by atoms with Crippen LogP contribution in [0, 0.1) is 5.92 Å². The smallest absolute Gasteiger partial charge is 0.119 e. The molecule has 3 aromatic rings. The molecule has 2 aliphatic rings. The Bertz CT molecular complexity index is 993. The fraction of sp³-hybridized carbons (Fsp3) is 0.250. The zero-order valence-corrected chi connectivity index (χ0v) is 17.1. The van der Waals surface area contributed by atoms with E-state index < -0.39 is 0 Å². The summed E-state index contributed by atoms with van der Waals surface area (Å²) in [5.41, 5.74) is 12.2.